The van der Waals surface area contributed by atoms with Crippen LogP contribution in [0.25, 0.3) is 0 Å². The summed E-state index contributed by atoms with van der Waals surface area (Å²) < 4.78 is 0. The van der Waals surface area contributed by atoms with Gasteiger partial charge in [-0.05, 0) is 18.7 Å². The topological polar surface area (TPSA) is 85.3 Å². The van der Waals surface area contributed by atoms with Gasteiger partial charge in [-0.25, -0.2) is 4.98 Å². The summed E-state index contributed by atoms with van der Waals surface area (Å²) in [5.41, 5.74) is 5.61. The lowest BCUT2D eigenvalue weighted by molar-refractivity contribution is -0.384. The van der Waals surface area contributed by atoms with Gasteiger partial charge in [-0.2, -0.15) is 11.8 Å². The van der Waals surface area contributed by atoms with E-state index in [0.717, 1.165) is 12.2 Å². The second kappa shape index (κ2) is 6.44. The number of nitrogens with two attached hydrogens (primary N) is 1. The number of nitrogen functional groups attached to an aromatic ring is 1. The van der Waals surface area contributed by atoms with E-state index in [1.54, 1.807) is 11.8 Å². The van der Waals surface area contributed by atoms with Crippen LogP contribution in [0.2, 0.25) is 0 Å². The van der Waals surface area contributed by atoms with Crippen LogP contribution in [0.3, 0.4) is 0 Å². The molecule has 0 amide bonds. The Morgan fingerprint density at radius 2 is 2.28 bits per heavy atom. The second-order valence-electron chi connectivity index (χ2n) is 3.96. The quantitative estimate of drug-likeness (QED) is 0.629. The summed E-state index contributed by atoms with van der Waals surface area (Å²) in [4.78, 5) is 16.5. The van der Waals surface area contributed by atoms with E-state index in [9.17, 15) is 10.1 Å². The maximum atomic E-state index is 11.0. The molecule has 1 rings (SSSR count). The molecule has 1 heterocycles. The lowest BCUT2D eigenvalue weighted by atomic mass is 10.2. The van der Waals surface area contributed by atoms with E-state index in [4.69, 9.17) is 5.73 Å². The van der Waals surface area contributed by atoms with Crippen molar-refractivity contribution in [3.05, 3.63) is 22.2 Å². The molecule has 2 N–H and O–H groups in total. The number of anilines is 2. The zero-order chi connectivity index (χ0) is 13.7. The smallest absolute Gasteiger partial charge is 0.311 e. The number of thioether (sulfide) groups is 1. The van der Waals surface area contributed by atoms with Crippen LogP contribution >= 0.6 is 11.8 Å². The van der Waals surface area contributed by atoms with Crippen molar-refractivity contribution in [2.45, 2.75) is 19.4 Å². The third-order valence-corrected chi connectivity index (χ3v) is 3.50. The van der Waals surface area contributed by atoms with Crippen molar-refractivity contribution in [1.82, 2.24) is 4.98 Å². The number of hydrogen-bond acceptors (Lipinski definition) is 6. The molecule has 7 heteroatoms. The van der Waals surface area contributed by atoms with Crippen molar-refractivity contribution in [2.75, 3.05) is 29.7 Å². The highest BCUT2D eigenvalue weighted by Gasteiger charge is 2.23. The summed E-state index contributed by atoms with van der Waals surface area (Å²) in [5.74, 6) is 1.52. The van der Waals surface area contributed by atoms with Gasteiger partial charge >= 0.3 is 5.69 Å². The van der Waals surface area contributed by atoms with E-state index in [1.807, 2.05) is 18.2 Å². The summed E-state index contributed by atoms with van der Waals surface area (Å²) in [7, 11) is 1.82. The first-order chi connectivity index (χ1) is 8.51. The van der Waals surface area contributed by atoms with Crippen molar-refractivity contribution in [3.8, 4) is 0 Å². The van der Waals surface area contributed by atoms with Crippen molar-refractivity contribution >= 4 is 29.1 Å². The Balaban J connectivity index is 3.13. The molecule has 0 aliphatic carbocycles. The van der Waals surface area contributed by atoms with E-state index >= 15 is 0 Å². The Bertz CT molecular complexity index is 428. The van der Waals surface area contributed by atoms with Crippen LogP contribution in [0.1, 0.15) is 13.3 Å². The van der Waals surface area contributed by atoms with Gasteiger partial charge in [0.15, 0.2) is 0 Å². The molecular formula is C11H18N4O2S. The zero-order valence-electron chi connectivity index (χ0n) is 10.8. The molecular weight excluding hydrogens is 252 g/mol. The van der Waals surface area contributed by atoms with Crippen LogP contribution in [0.15, 0.2) is 12.1 Å². The molecule has 0 aliphatic rings. The normalized spacial score (nSPS) is 12.2. The average Bonchev–Trinajstić information content (AvgIpc) is 2.34. The van der Waals surface area contributed by atoms with E-state index in [-0.39, 0.29) is 11.7 Å². The molecule has 100 valence electrons. The van der Waals surface area contributed by atoms with Gasteiger partial charge in [0, 0.05) is 24.9 Å². The molecule has 1 aromatic rings. The standard InChI is InChI=1S/C11H18N4O2S/c1-4-8(7-18-3)14(2)11-9(15(16)17)5-6-10(12)13-11/h5-6,8H,4,7H2,1-3H3,(H2,12,13). The molecule has 0 aliphatic heterocycles. The van der Waals surface area contributed by atoms with Gasteiger partial charge in [0.05, 0.1) is 4.92 Å². The van der Waals surface area contributed by atoms with E-state index in [2.05, 4.69) is 11.9 Å². The summed E-state index contributed by atoms with van der Waals surface area (Å²) in [6.45, 7) is 2.05. The van der Waals surface area contributed by atoms with Gasteiger partial charge < -0.3 is 10.6 Å². The highest BCUT2D eigenvalue weighted by molar-refractivity contribution is 7.98. The summed E-state index contributed by atoms with van der Waals surface area (Å²) in [6.07, 6.45) is 2.91. The van der Waals surface area contributed by atoms with Crippen LogP contribution in [0.4, 0.5) is 17.3 Å². The minimum Gasteiger partial charge on any atom is -0.384 e. The lowest BCUT2D eigenvalue weighted by Crippen LogP contribution is -2.34. The average molecular weight is 270 g/mol. The molecule has 0 radical (unpaired) electrons. The Morgan fingerprint density at radius 1 is 1.61 bits per heavy atom. The largest absolute Gasteiger partial charge is 0.384 e. The zero-order valence-corrected chi connectivity index (χ0v) is 11.6. The van der Waals surface area contributed by atoms with Crippen LogP contribution in [0, 0.1) is 10.1 Å². The van der Waals surface area contributed by atoms with Gasteiger partial charge in [0.2, 0.25) is 5.82 Å². The number of rotatable bonds is 6. The van der Waals surface area contributed by atoms with Gasteiger partial charge in [0.1, 0.15) is 5.82 Å². The molecule has 0 aromatic carbocycles. The van der Waals surface area contributed by atoms with Crippen LogP contribution in [0.5, 0.6) is 0 Å². The summed E-state index contributed by atoms with van der Waals surface area (Å²) in [5, 5.41) is 11.0. The van der Waals surface area contributed by atoms with Crippen LogP contribution in [-0.4, -0.2) is 35.0 Å². The minimum absolute atomic E-state index is 0.00810. The predicted octanol–water partition coefficient (Wildman–Crippen LogP) is 2.15. The van der Waals surface area contributed by atoms with Gasteiger partial charge in [-0.3, -0.25) is 10.1 Å². The fraction of sp³-hybridized carbons (Fsp3) is 0.545. The Kier molecular flexibility index (Phi) is 5.21. The lowest BCUT2D eigenvalue weighted by Gasteiger charge is -2.27. The maximum Gasteiger partial charge on any atom is 0.311 e. The molecule has 1 aromatic heterocycles. The van der Waals surface area contributed by atoms with Crippen LogP contribution < -0.4 is 10.6 Å². The second-order valence-corrected chi connectivity index (χ2v) is 4.87. The van der Waals surface area contributed by atoms with E-state index < -0.39 is 4.92 Å². The molecule has 6 nitrogen and oxygen atoms in total. The molecule has 18 heavy (non-hydrogen) atoms. The number of nitrogens with zero attached hydrogens (tertiary/aromatic N) is 3. The van der Waals surface area contributed by atoms with Crippen molar-refractivity contribution in [3.63, 3.8) is 0 Å². The molecule has 0 bridgehead atoms. The van der Waals surface area contributed by atoms with Crippen molar-refractivity contribution in [2.24, 2.45) is 0 Å². The van der Waals surface area contributed by atoms with Gasteiger partial charge in [-0.1, -0.05) is 6.92 Å². The number of aromatic nitrogens is 1. The number of pyridine rings is 1. The Labute approximate surface area is 111 Å². The fourth-order valence-corrected chi connectivity index (χ4v) is 2.57. The third kappa shape index (κ3) is 3.25. The Hall–Kier alpha value is -1.50. The Morgan fingerprint density at radius 3 is 2.78 bits per heavy atom. The van der Waals surface area contributed by atoms with Crippen molar-refractivity contribution in [1.29, 1.82) is 0 Å². The monoisotopic (exact) mass is 270 g/mol. The molecule has 0 saturated heterocycles. The highest BCUT2D eigenvalue weighted by Crippen LogP contribution is 2.28. The molecule has 0 fully saturated rings. The maximum absolute atomic E-state index is 11.0. The summed E-state index contributed by atoms with van der Waals surface area (Å²) in [6, 6.07) is 3.05. The highest BCUT2D eigenvalue weighted by atomic mass is 32.2. The minimum atomic E-state index is -0.427. The molecule has 1 atom stereocenters. The number of nitro groups is 1. The summed E-state index contributed by atoms with van der Waals surface area (Å²) >= 11 is 1.71. The van der Waals surface area contributed by atoms with Crippen LogP contribution in [-0.2, 0) is 0 Å². The fourth-order valence-electron chi connectivity index (χ4n) is 1.73. The SMILES string of the molecule is CCC(CSC)N(C)c1nc(N)ccc1[N+](=O)[O-]. The van der Waals surface area contributed by atoms with E-state index in [0.29, 0.717) is 11.6 Å². The first kappa shape index (κ1) is 14.6. The first-order valence-corrected chi connectivity index (χ1v) is 7.03. The molecule has 0 saturated carbocycles. The van der Waals surface area contributed by atoms with Gasteiger partial charge in [0.25, 0.3) is 0 Å². The third-order valence-electron chi connectivity index (χ3n) is 2.78. The van der Waals surface area contributed by atoms with Gasteiger partial charge in [-0.15, -0.1) is 0 Å². The van der Waals surface area contributed by atoms with E-state index in [1.165, 1.54) is 12.1 Å². The first-order valence-electron chi connectivity index (χ1n) is 5.63. The van der Waals surface area contributed by atoms with Crippen molar-refractivity contribution < 1.29 is 4.92 Å². The molecule has 0 spiro atoms. The predicted molar refractivity (Wildman–Crippen MR) is 76.2 cm³/mol. The number of hydrogen-bond donors (Lipinski definition) is 1. The molecule has 1 unspecified atom stereocenters.